The number of benzene rings is 1. The molecule has 2 aromatic heterocycles. The average molecular weight is 355 g/mol. The van der Waals surface area contributed by atoms with E-state index in [0.717, 1.165) is 11.1 Å². The number of aromatic amines is 2. The maximum atomic E-state index is 11.9. The molecule has 120 valence electrons. The number of rotatable bonds is 4. The van der Waals surface area contributed by atoms with Gasteiger partial charge in [0.1, 0.15) is 0 Å². The largest absolute Gasteiger partial charge is 0.393 e. The van der Waals surface area contributed by atoms with Crippen LogP contribution in [0.2, 0.25) is 10.0 Å². The summed E-state index contributed by atoms with van der Waals surface area (Å²) in [6.07, 6.45) is 3.50. The molecule has 2 heterocycles. The minimum absolute atomic E-state index is 0.244. The second-order valence-corrected chi connectivity index (χ2v) is 5.63. The minimum Gasteiger partial charge on any atom is -0.393 e. The van der Waals surface area contributed by atoms with Crippen molar-refractivity contribution < 1.29 is 15.0 Å². The van der Waals surface area contributed by atoms with E-state index in [0.29, 0.717) is 21.6 Å². The highest BCUT2D eigenvalue weighted by Gasteiger charge is 2.20. The third kappa shape index (κ3) is 2.79. The van der Waals surface area contributed by atoms with E-state index in [2.05, 4.69) is 20.5 Å². The molecule has 0 aliphatic heterocycles. The monoisotopic (exact) mass is 354 g/mol. The molecule has 0 aliphatic rings. The van der Waals surface area contributed by atoms with Crippen LogP contribution >= 0.6 is 23.2 Å². The summed E-state index contributed by atoms with van der Waals surface area (Å²) in [5, 5.41) is 28.7. The lowest BCUT2D eigenvalue weighted by Crippen LogP contribution is -2.30. The zero-order chi connectivity index (χ0) is 16.6. The van der Waals surface area contributed by atoms with Crippen LogP contribution in [0.3, 0.4) is 0 Å². The van der Waals surface area contributed by atoms with Crippen molar-refractivity contribution in [2.75, 3.05) is 11.9 Å². The number of hydrogen-bond donors (Lipinski definition) is 5. The number of aliphatic hydroxyl groups is 2. The Morgan fingerprint density at radius 1 is 1.39 bits per heavy atom. The summed E-state index contributed by atoms with van der Waals surface area (Å²) < 4.78 is 0. The van der Waals surface area contributed by atoms with Gasteiger partial charge in [-0.25, -0.2) is 0 Å². The van der Waals surface area contributed by atoms with E-state index in [1.165, 1.54) is 6.07 Å². The quantitative estimate of drug-likeness (QED) is 0.493. The number of halogens is 2. The summed E-state index contributed by atoms with van der Waals surface area (Å²) in [5.74, 6) is -0.744. The molecule has 0 fully saturated rings. The highest BCUT2D eigenvalue weighted by Crippen LogP contribution is 2.40. The van der Waals surface area contributed by atoms with Crippen LogP contribution in [0.25, 0.3) is 22.0 Å². The smallest absolute Gasteiger partial charge is 0.255 e. The van der Waals surface area contributed by atoms with Gasteiger partial charge in [-0.15, -0.1) is 0 Å². The molecule has 0 bridgehead atoms. The van der Waals surface area contributed by atoms with Crippen LogP contribution in [0.4, 0.5) is 5.69 Å². The van der Waals surface area contributed by atoms with Gasteiger partial charge < -0.3 is 20.5 Å². The summed E-state index contributed by atoms with van der Waals surface area (Å²) in [5.41, 5.74) is 2.45. The van der Waals surface area contributed by atoms with Gasteiger partial charge >= 0.3 is 0 Å². The number of anilines is 1. The molecular weight excluding hydrogens is 343 g/mol. The molecule has 3 rings (SSSR count). The van der Waals surface area contributed by atoms with E-state index in [1.807, 2.05) is 0 Å². The predicted molar refractivity (Wildman–Crippen MR) is 87.6 cm³/mol. The molecule has 1 unspecified atom stereocenters. The van der Waals surface area contributed by atoms with Gasteiger partial charge in [0.05, 0.1) is 34.1 Å². The van der Waals surface area contributed by atoms with Crippen molar-refractivity contribution in [2.24, 2.45) is 0 Å². The zero-order valence-electron chi connectivity index (χ0n) is 11.6. The maximum absolute atomic E-state index is 11.9. The topological polar surface area (TPSA) is 114 Å². The molecule has 0 spiro atoms. The van der Waals surface area contributed by atoms with Gasteiger partial charge in [-0.3, -0.25) is 9.89 Å². The Bertz CT molecular complexity index is 861. The molecule has 0 aliphatic carbocycles. The fourth-order valence-electron chi connectivity index (χ4n) is 2.28. The standard InChI is InChI=1S/C14H12Cl2N4O3/c15-8-1-9(20-14(23)10(22)5-21)11-7(6-2-18-19-3-6)4-17-13(11)12(8)16/h1-4,10,17,21-22H,5H2,(H,18,19)(H,20,23). The molecular formula is C14H12Cl2N4O3. The van der Waals surface area contributed by atoms with Crippen molar-refractivity contribution >= 4 is 45.7 Å². The summed E-state index contributed by atoms with van der Waals surface area (Å²) in [6, 6.07) is 1.49. The first-order valence-electron chi connectivity index (χ1n) is 6.61. The normalized spacial score (nSPS) is 12.5. The molecule has 7 nitrogen and oxygen atoms in total. The van der Waals surface area contributed by atoms with Gasteiger partial charge in [-0.1, -0.05) is 23.2 Å². The molecule has 1 atom stereocenters. The van der Waals surface area contributed by atoms with Crippen molar-refractivity contribution in [3.63, 3.8) is 0 Å². The van der Waals surface area contributed by atoms with Gasteiger partial charge in [0.2, 0.25) is 0 Å². The Morgan fingerprint density at radius 2 is 2.17 bits per heavy atom. The summed E-state index contributed by atoms with van der Waals surface area (Å²) in [7, 11) is 0. The number of nitrogens with zero attached hydrogens (tertiary/aromatic N) is 1. The van der Waals surface area contributed by atoms with E-state index >= 15 is 0 Å². The lowest BCUT2D eigenvalue weighted by atomic mass is 10.1. The molecule has 0 saturated carbocycles. The average Bonchev–Trinajstić information content (AvgIpc) is 3.20. The van der Waals surface area contributed by atoms with Gasteiger partial charge in [-0.05, 0) is 6.07 Å². The number of aliphatic hydroxyl groups excluding tert-OH is 2. The third-order valence-corrected chi connectivity index (χ3v) is 4.18. The number of amides is 1. The molecule has 5 N–H and O–H groups in total. The third-order valence-electron chi connectivity index (χ3n) is 3.39. The number of carbonyl (C=O) groups excluding carboxylic acids is 1. The number of hydrogen-bond acceptors (Lipinski definition) is 4. The van der Waals surface area contributed by atoms with Crippen LogP contribution in [0.5, 0.6) is 0 Å². The Balaban J connectivity index is 2.18. The number of nitrogens with one attached hydrogen (secondary N) is 3. The van der Waals surface area contributed by atoms with Crippen LogP contribution < -0.4 is 5.32 Å². The van der Waals surface area contributed by atoms with Crippen LogP contribution in [-0.2, 0) is 4.79 Å². The highest BCUT2D eigenvalue weighted by molar-refractivity contribution is 6.46. The predicted octanol–water partition coefficient (Wildman–Crippen LogP) is 2.16. The lowest BCUT2D eigenvalue weighted by Gasteiger charge is -2.12. The first-order chi connectivity index (χ1) is 11.0. The number of fused-ring (bicyclic) bond motifs is 1. The van der Waals surface area contributed by atoms with Crippen molar-refractivity contribution in [3.05, 3.63) is 34.7 Å². The first kappa shape index (κ1) is 15.8. The highest BCUT2D eigenvalue weighted by atomic mass is 35.5. The van der Waals surface area contributed by atoms with E-state index in [9.17, 15) is 9.90 Å². The van der Waals surface area contributed by atoms with Crippen LogP contribution in [0, 0.1) is 0 Å². The second kappa shape index (κ2) is 6.21. The molecule has 23 heavy (non-hydrogen) atoms. The van der Waals surface area contributed by atoms with Gasteiger partial charge in [0.15, 0.2) is 6.10 Å². The summed E-state index contributed by atoms with van der Waals surface area (Å²) in [6.45, 7) is -0.683. The van der Waals surface area contributed by atoms with E-state index in [1.54, 1.807) is 18.6 Å². The van der Waals surface area contributed by atoms with Gasteiger partial charge in [0.25, 0.3) is 5.91 Å². The second-order valence-electron chi connectivity index (χ2n) is 4.85. The Morgan fingerprint density at radius 3 is 2.83 bits per heavy atom. The fourth-order valence-corrected chi connectivity index (χ4v) is 2.69. The van der Waals surface area contributed by atoms with Crippen LogP contribution in [0.15, 0.2) is 24.7 Å². The Labute approximate surface area is 140 Å². The van der Waals surface area contributed by atoms with Gasteiger partial charge in [-0.2, -0.15) is 5.10 Å². The van der Waals surface area contributed by atoms with E-state index in [4.69, 9.17) is 28.3 Å². The SMILES string of the molecule is O=C(Nc1cc(Cl)c(Cl)c2[nH]cc(-c3cn[nH]c3)c12)C(O)CO. The fraction of sp³-hybridized carbons (Fsp3) is 0.143. The molecule has 9 heteroatoms. The van der Waals surface area contributed by atoms with E-state index < -0.39 is 18.6 Å². The van der Waals surface area contributed by atoms with Crippen molar-refractivity contribution in [1.29, 1.82) is 0 Å². The molecule has 0 saturated heterocycles. The van der Waals surface area contributed by atoms with Crippen LogP contribution in [0.1, 0.15) is 0 Å². The van der Waals surface area contributed by atoms with Crippen molar-refractivity contribution in [3.8, 4) is 11.1 Å². The Hall–Kier alpha value is -2.06. The zero-order valence-corrected chi connectivity index (χ0v) is 13.1. The van der Waals surface area contributed by atoms with Crippen molar-refractivity contribution in [2.45, 2.75) is 6.10 Å². The summed E-state index contributed by atoms with van der Waals surface area (Å²) >= 11 is 12.3. The minimum atomic E-state index is -1.53. The Kier molecular flexibility index (Phi) is 4.27. The number of aromatic nitrogens is 3. The van der Waals surface area contributed by atoms with Crippen molar-refractivity contribution in [1.82, 2.24) is 15.2 Å². The summed E-state index contributed by atoms with van der Waals surface area (Å²) in [4.78, 5) is 14.9. The number of carbonyl (C=O) groups is 1. The molecule has 1 amide bonds. The lowest BCUT2D eigenvalue weighted by molar-refractivity contribution is -0.125. The first-order valence-corrected chi connectivity index (χ1v) is 7.36. The van der Waals surface area contributed by atoms with Crippen LogP contribution in [-0.4, -0.2) is 44.0 Å². The molecule has 3 aromatic rings. The molecule has 0 radical (unpaired) electrons. The maximum Gasteiger partial charge on any atom is 0.255 e. The number of H-pyrrole nitrogens is 2. The van der Waals surface area contributed by atoms with E-state index in [-0.39, 0.29) is 5.02 Å². The molecule has 1 aromatic carbocycles. The van der Waals surface area contributed by atoms with Gasteiger partial charge in [0, 0.05) is 28.9 Å².